The molecule has 0 unspecified atom stereocenters. The largest absolute Gasteiger partial charge is 0.494 e. The number of aromatic nitrogens is 4. The van der Waals surface area contributed by atoms with Crippen LogP contribution in [0.3, 0.4) is 0 Å². The van der Waals surface area contributed by atoms with Gasteiger partial charge in [-0.15, -0.1) is 10.2 Å². The predicted molar refractivity (Wildman–Crippen MR) is 136 cm³/mol. The van der Waals surface area contributed by atoms with E-state index >= 15 is 0 Å². The quantitative estimate of drug-likeness (QED) is 0.316. The van der Waals surface area contributed by atoms with E-state index in [0.717, 1.165) is 28.1 Å². The number of carbonyl (C=O) groups is 1. The molecule has 0 fully saturated rings. The van der Waals surface area contributed by atoms with Crippen molar-refractivity contribution in [3.05, 3.63) is 77.1 Å². The number of carbonyl (C=O) groups excluding carboxylic acids is 1. The van der Waals surface area contributed by atoms with Crippen molar-refractivity contribution in [2.24, 2.45) is 0 Å². The van der Waals surface area contributed by atoms with Gasteiger partial charge in [-0.3, -0.25) is 14.3 Å². The molecule has 0 aliphatic rings. The first-order valence-corrected chi connectivity index (χ1v) is 12.1. The van der Waals surface area contributed by atoms with Crippen molar-refractivity contribution in [1.82, 2.24) is 19.7 Å². The van der Waals surface area contributed by atoms with Gasteiger partial charge in [0, 0.05) is 23.6 Å². The van der Waals surface area contributed by atoms with Gasteiger partial charge in [-0.05, 0) is 74.4 Å². The van der Waals surface area contributed by atoms with Crippen LogP contribution in [0.25, 0.3) is 17.1 Å². The van der Waals surface area contributed by atoms with Crippen molar-refractivity contribution in [2.75, 3.05) is 17.7 Å². The fraction of sp³-hybridized carbons (Fsp3) is 0.200. The fourth-order valence-corrected chi connectivity index (χ4v) is 4.64. The number of aryl methyl sites for hydroxylation is 2. The molecule has 4 rings (SSSR count). The average molecular weight is 494 g/mol. The van der Waals surface area contributed by atoms with Gasteiger partial charge in [-0.2, -0.15) is 0 Å². The Morgan fingerprint density at radius 1 is 1.15 bits per heavy atom. The zero-order valence-electron chi connectivity index (χ0n) is 19.1. The molecule has 2 heterocycles. The number of rotatable bonds is 8. The van der Waals surface area contributed by atoms with Crippen LogP contribution in [0.1, 0.15) is 18.1 Å². The molecule has 2 aromatic carbocycles. The first kappa shape index (κ1) is 23.8. The molecule has 0 atom stereocenters. The summed E-state index contributed by atoms with van der Waals surface area (Å²) in [7, 11) is 0. The van der Waals surface area contributed by atoms with Crippen LogP contribution in [-0.4, -0.2) is 38.0 Å². The maximum atomic E-state index is 12.7. The van der Waals surface area contributed by atoms with E-state index in [-0.39, 0.29) is 11.7 Å². The summed E-state index contributed by atoms with van der Waals surface area (Å²) in [5.74, 6) is 1.38. The highest BCUT2D eigenvalue weighted by Crippen LogP contribution is 2.30. The molecule has 0 spiro atoms. The fourth-order valence-electron chi connectivity index (χ4n) is 3.52. The summed E-state index contributed by atoms with van der Waals surface area (Å²) < 4.78 is 7.48. The summed E-state index contributed by atoms with van der Waals surface area (Å²) >= 11 is 7.64. The van der Waals surface area contributed by atoms with Crippen molar-refractivity contribution in [3.8, 4) is 22.8 Å². The van der Waals surface area contributed by atoms with Crippen LogP contribution in [0.5, 0.6) is 5.75 Å². The Hall–Kier alpha value is -3.36. The summed E-state index contributed by atoms with van der Waals surface area (Å²) in [6.45, 7) is 6.42. The number of halogens is 1. The van der Waals surface area contributed by atoms with E-state index in [1.165, 1.54) is 11.8 Å². The summed E-state index contributed by atoms with van der Waals surface area (Å²) in [6, 6.07) is 15.3. The third kappa shape index (κ3) is 5.40. The van der Waals surface area contributed by atoms with Gasteiger partial charge >= 0.3 is 0 Å². The predicted octanol–water partition coefficient (Wildman–Crippen LogP) is 5.73. The minimum atomic E-state index is -0.178. The van der Waals surface area contributed by atoms with E-state index in [9.17, 15) is 4.79 Å². The maximum absolute atomic E-state index is 12.7. The lowest BCUT2D eigenvalue weighted by molar-refractivity contribution is -0.113. The molecule has 0 radical (unpaired) electrons. The molecule has 0 aliphatic carbocycles. The summed E-state index contributed by atoms with van der Waals surface area (Å²) in [5.41, 5.74) is 4.26. The Morgan fingerprint density at radius 3 is 2.62 bits per heavy atom. The van der Waals surface area contributed by atoms with Crippen molar-refractivity contribution in [1.29, 1.82) is 0 Å². The van der Waals surface area contributed by atoms with Crippen molar-refractivity contribution in [3.63, 3.8) is 0 Å². The second-order valence-electron chi connectivity index (χ2n) is 7.59. The van der Waals surface area contributed by atoms with E-state index in [1.807, 2.05) is 73.9 Å². The van der Waals surface area contributed by atoms with Gasteiger partial charge in [-0.1, -0.05) is 29.4 Å². The lowest BCUT2D eigenvalue weighted by Gasteiger charge is -2.13. The van der Waals surface area contributed by atoms with Gasteiger partial charge in [0.1, 0.15) is 5.75 Å². The number of benzene rings is 2. The first-order valence-electron chi connectivity index (χ1n) is 10.7. The van der Waals surface area contributed by atoms with Crippen LogP contribution in [0, 0.1) is 13.8 Å². The second-order valence-corrected chi connectivity index (χ2v) is 8.94. The van der Waals surface area contributed by atoms with E-state index < -0.39 is 0 Å². The zero-order chi connectivity index (χ0) is 24.1. The minimum absolute atomic E-state index is 0.145. The van der Waals surface area contributed by atoms with Gasteiger partial charge in [0.15, 0.2) is 11.0 Å². The molecule has 0 saturated carbocycles. The average Bonchev–Trinajstić information content (AvgIpc) is 3.25. The maximum Gasteiger partial charge on any atom is 0.234 e. The molecule has 174 valence electrons. The monoisotopic (exact) mass is 493 g/mol. The molecule has 2 aromatic heterocycles. The Bertz CT molecular complexity index is 1270. The first-order chi connectivity index (χ1) is 16.5. The van der Waals surface area contributed by atoms with Crippen molar-refractivity contribution in [2.45, 2.75) is 25.9 Å². The third-order valence-corrected chi connectivity index (χ3v) is 6.21. The molecule has 4 aromatic rings. The van der Waals surface area contributed by atoms with Crippen molar-refractivity contribution >= 4 is 35.0 Å². The summed E-state index contributed by atoms with van der Waals surface area (Å²) in [6.07, 6.45) is 3.44. The van der Waals surface area contributed by atoms with Crippen LogP contribution in [0.2, 0.25) is 5.02 Å². The molecule has 7 nitrogen and oxygen atoms in total. The standard InChI is InChI=1S/C25H24ClN5O2S/c1-4-33-20-9-7-19(8-10-20)31-24(18-6-5-11-27-14-18)29-30-25(31)34-15-22(32)28-23-17(3)12-16(2)13-21(23)26/h5-14H,4,15H2,1-3H3,(H,28,32). The van der Waals surface area contributed by atoms with Gasteiger partial charge in [0.05, 0.1) is 23.1 Å². The molecule has 9 heteroatoms. The number of nitrogens with zero attached hydrogens (tertiary/aromatic N) is 4. The molecular formula is C25H24ClN5O2S. The van der Waals surface area contributed by atoms with E-state index in [1.54, 1.807) is 12.4 Å². The number of thioether (sulfide) groups is 1. The number of hydrogen-bond acceptors (Lipinski definition) is 6. The summed E-state index contributed by atoms with van der Waals surface area (Å²) in [5, 5.41) is 12.8. The zero-order valence-corrected chi connectivity index (χ0v) is 20.7. The highest BCUT2D eigenvalue weighted by molar-refractivity contribution is 7.99. The molecule has 34 heavy (non-hydrogen) atoms. The Kier molecular flexibility index (Phi) is 7.49. The van der Waals surface area contributed by atoms with Crippen LogP contribution in [0.4, 0.5) is 5.69 Å². The Morgan fingerprint density at radius 2 is 1.94 bits per heavy atom. The Labute approximate surface area is 207 Å². The van der Waals surface area contributed by atoms with E-state index in [0.29, 0.717) is 28.3 Å². The lowest BCUT2D eigenvalue weighted by atomic mass is 10.1. The van der Waals surface area contributed by atoms with Crippen LogP contribution in [0.15, 0.2) is 66.1 Å². The molecule has 0 bridgehead atoms. The molecule has 0 aliphatic heterocycles. The minimum Gasteiger partial charge on any atom is -0.494 e. The number of amides is 1. The highest BCUT2D eigenvalue weighted by atomic mass is 35.5. The molecular weight excluding hydrogens is 470 g/mol. The second kappa shape index (κ2) is 10.7. The number of ether oxygens (including phenoxy) is 1. The number of nitrogens with one attached hydrogen (secondary N) is 1. The van der Waals surface area contributed by atoms with Crippen molar-refractivity contribution < 1.29 is 9.53 Å². The van der Waals surface area contributed by atoms with Gasteiger partial charge < -0.3 is 10.1 Å². The summed E-state index contributed by atoms with van der Waals surface area (Å²) in [4.78, 5) is 16.9. The van der Waals surface area contributed by atoms with Crippen LogP contribution >= 0.6 is 23.4 Å². The number of pyridine rings is 1. The SMILES string of the molecule is CCOc1ccc(-n2c(SCC(=O)Nc3c(C)cc(C)cc3Cl)nnc2-c2cccnc2)cc1. The highest BCUT2D eigenvalue weighted by Gasteiger charge is 2.18. The molecule has 1 N–H and O–H groups in total. The molecule has 0 saturated heterocycles. The van der Waals surface area contributed by atoms with Gasteiger partial charge in [0.25, 0.3) is 0 Å². The molecule has 1 amide bonds. The number of anilines is 1. The van der Waals surface area contributed by atoms with Gasteiger partial charge in [0.2, 0.25) is 5.91 Å². The van der Waals surface area contributed by atoms with Crippen LogP contribution in [-0.2, 0) is 4.79 Å². The van der Waals surface area contributed by atoms with E-state index in [4.69, 9.17) is 16.3 Å². The van der Waals surface area contributed by atoms with Crippen LogP contribution < -0.4 is 10.1 Å². The van der Waals surface area contributed by atoms with Gasteiger partial charge in [-0.25, -0.2) is 0 Å². The number of hydrogen-bond donors (Lipinski definition) is 1. The third-order valence-electron chi connectivity index (χ3n) is 4.99. The van der Waals surface area contributed by atoms with E-state index in [2.05, 4.69) is 20.5 Å². The topological polar surface area (TPSA) is 81.9 Å². The normalized spacial score (nSPS) is 10.8. The Balaban J connectivity index is 1.59. The smallest absolute Gasteiger partial charge is 0.234 e. The lowest BCUT2D eigenvalue weighted by Crippen LogP contribution is -2.16.